The maximum atomic E-state index is 12.3. The minimum atomic E-state index is -1.28. The summed E-state index contributed by atoms with van der Waals surface area (Å²) in [5.74, 6) is -0.653. The number of allylic oxidation sites excluding steroid dienone is 3. The summed E-state index contributed by atoms with van der Waals surface area (Å²) < 4.78 is 0. The van der Waals surface area contributed by atoms with E-state index in [1.54, 1.807) is 6.08 Å². The quantitative estimate of drug-likeness (QED) is 0.0442. The second-order valence-electron chi connectivity index (χ2n) is 11.9. The zero-order chi connectivity index (χ0) is 30.4. The van der Waals surface area contributed by atoms with Gasteiger partial charge in [-0.05, 0) is 25.7 Å². The van der Waals surface area contributed by atoms with Gasteiger partial charge in [-0.1, -0.05) is 154 Å². The van der Waals surface area contributed by atoms with E-state index in [9.17, 15) is 25.2 Å². The Bertz CT molecular complexity index is 624. The maximum absolute atomic E-state index is 12.3. The van der Waals surface area contributed by atoms with Crippen LogP contribution in [0.5, 0.6) is 0 Å². The summed E-state index contributed by atoms with van der Waals surface area (Å²) in [5, 5.41) is 43.2. The number of aliphatic hydroxyl groups is 4. The number of hydrogen-bond acceptors (Lipinski definition) is 5. The molecule has 6 nitrogen and oxygen atoms in total. The van der Waals surface area contributed by atoms with Gasteiger partial charge in [0.15, 0.2) is 0 Å². The maximum Gasteiger partial charge on any atom is 0.249 e. The Labute approximate surface area is 253 Å². The molecule has 6 heteroatoms. The second kappa shape index (κ2) is 30.3. The van der Waals surface area contributed by atoms with Crippen molar-refractivity contribution in [3.05, 3.63) is 24.3 Å². The van der Waals surface area contributed by atoms with E-state index in [2.05, 4.69) is 31.3 Å². The monoisotopic (exact) mass is 582 g/mol. The fourth-order valence-electron chi connectivity index (χ4n) is 5.09. The molecule has 0 aromatic heterocycles. The van der Waals surface area contributed by atoms with Crippen molar-refractivity contribution in [1.82, 2.24) is 5.32 Å². The molecule has 41 heavy (non-hydrogen) atoms. The lowest BCUT2D eigenvalue weighted by atomic mass is 9.99. The molecule has 0 aliphatic rings. The minimum Gasteiger partial charge on any atom is -0.394 e. The van der Waals surface area contributed by atoms with Crippen LogP contribution in [0.2, 0.25) is 0 Å². The number of aliphatic hydroxyl groups excluding tert-OH is 4. The third-order valence-electron chi connectivity index (χ3n) is 7.93. The van der Waals surface area contributed by atoms with Gasteiger partial charge in [-0.2, -0.15) is 0 Å². The normalized spacial score (nSPS) is 15.0. The summed E-state index contributed by atoms with van der Waals surface area (Å²) in [6, 6.07) is -1.01. The van der Waals surface area contributed by atoms with E-state index in [0.29, 0.717) is 6.42 Å². The SMILES string of the molecule is CCCCCCCC/C=C\C/C=C\CC(O)C(=O)NC(CO)C(O)C(O)CCCCCCCCCCCCCCC. The van der Waals surface area contributed by atoms with Crippen LogP contribution in [0.1, 0.15) is 162 Å². The van der Waals surface area contributed by atoms with Gasteiger partial charge in [0.2, 0.25) is 5.91 Å². The molecule has 5 N–H and O–H groups in total. The fourth-order valence-corrected chi connectivity index (χ4v) is 5.09. The highest BCUT2D eigenvalue weighted by Crippen LogP contribution is 2.15. The first-order valence-corrected chi connectivity index (χ1v) is 17.2. The zero-order valence-electron chi connectivity index (χ0n) is 26.8. The van der Waals surface area contributed by atoms with Gasteiger partial charge in [0.25, 0.3) is 0 Å². The molecule has 0 spiro atoms. The number of unbranched alkanes of at least 4 members (excludes halogenated alkanes) is 18. The molecular weight excluding hydrogens is 514 g/mol. The molecule has 1 amide bonds. The molecule has 0 aliphatic heterocycles. The number of carbonyl (C=O) groups excluding carboxylic acids is 1. The summed E-state index contributed by atoms with van der Waals surface area (Å²) in [6.45, 7) is 3.97. The molecule has 0 aromatic rings. The van der Waals surface area contributed by atoms with Crippen LogP contribution in [0, 0.1) is 0 Å². The molecule has 4 atom stereocenters. The predicted octanol–water partition coefficient (Wildman–Crippen LogP) is 7.67. The predicted molar refractivity (Wildman–Crippen MR) is 173 cm³/mol. The van der Waals surface area contributed by atoms with Gasteiger partial charge in [0, 0.05) is 6.42 Å². The molecule has 242 valence electrons. The van der Waals surface area contributed by atoms with Gasteiger partial charge in [0.1, 0.15) is 12.2 Å². The van der Waals surface area contributed by atoms with Crippen LogP contribution in [0.25, 0.3) is 0 Å². The third-order valence-corrected chi connectivity index (χ3v) is 7.93. The largest absolute Gasteiger partial charge is 0.394 e. The Balaban J connectivity index is 3.95. The molecule has 0 fully saturated rings. The molecular formula is C35H67NO5. The van der Waals surface area contributed by atoms with Gasteiger partial charge in [-0.3, -0.25) is 4.79 Å². The lowest BCUT2D eigenvalue weighted by Gasteiger charge is -2.27. The van der Waals surface area contributed by atoms with E-state index in [1.807, 2.05) is 6.08 Å². The van der Waals surface area contributed by atoms with Crippen LogP contribution in [0.4, 0.5) is 0 Å². The molecule has 0 saturated heterocycles. The van der Waals surface area contributed by atoms with Gasteiger partial charge < -0.3 is 25.7 Å². The average molecular weight is 582 g/mol. The average Bonchev–Trinajstić information content (AvgIpc) is 2.98. The summed E-state index contributed by atoms with van der Waals surface area (Å²) in [5.41, 5.74) is 0. The van der Waals surface area contributed by atoms with Crippen LogP contribution in [0.3, 0.4) is 0 Å². The molecule has 0 saturated carbocycles. The molecule has 0 bridgehead atoms. The van der Waals surface area contributed by atoms with Crippen molar-refractivity contribution in [2.75, 3.05) is 6.61 Å². The van der Waals surface area contributed by atoms with Crippen LogP contribution in [-0.4, -0.2) is 57.3 Å². The summed E-state index contributed by atoms with van der Waals surface area (Å²) >= 11 is 0. The number of nitrogens with one attached hydrogen (secondary N) is 1. The third kappa shape index (κ3) is 25.0. The molecule has 0 rings (SSSR count). The van der Waals surface area contributed by atoms with Crippen molar-refractivity contribution in [2.45, 2.75) is 186 Å². The van der Waals surface area contributed by atoms with Crippen LogP contribution in [-0.2, 0) is 4.79 Å². The lowest BCUT2D eigenvalue weighted by Crippen LogP contribution is -2.53. The first-order valence-electron chi connectivity index (χ1n) is 17.2. The summed E-state index contributed by atoms with van der Waals surface area (Å²) in [6.07, 6.45) is 30.7. The van der Waals surface area contributed by atoms with E-state index in [4.69, 9.17) is 0 Å². The summed E-state index contributed by atoms with van der Waals surface area (Å²) in [4.78, 5) is 12.3. The Morgan fingerprint density at radius 1 is 0.634 bits per heavy atom. The van der Waals surface area contributed by atoms with Crippen LogP contribution < -0.4 is 5.32 Å². The topological polar surface area (TPSA) is 110 Å². The van der Waals surface area contributed by atoms with Gasteiger partial charge >= 0.3 is 0 Å². The van der Waals surface area contributed by atoms with Crippen molar-refractivity contribution in [3.8, 4) is 0 Å². The van der Waals surface area contributed by atoms with E-state index in [-0.39, 0.29) is 6.42 Å². The second-order valence-corrected chi connectivity index (χ2v) is 11.9. The smallest absolute Gasteiger partial charge is 0.249 e. The van der Waals surface area contributed by atoms with Crippen LogP contribution in [0.15, 0.2) is 24.3 Å². The Hall–Kier alpha value is -1.21. The molecule has 0 heterocycles. The van der Waals surface area contributed by atoms with E-state index >= 15 is 0 Å². The van der Waals surface area contributed by atoms with Crippen molar-refractivity contribution < 1.29 is 25.2 Å². The lowest BCUT2D eigenvalue weighted by molar-refractivity contribution is -0.132. The van der Waals surface area contributed by atoms with Crippen molar-refractivity contribution in [1.29, 1.82) is 0 Å². The highest BCUT2D eigenvalue weighted by Gasteiger charge is 2.28. The van der Waals surface area contributed by atoms with Crippen molar-refractivity contribution in [3.63, 3.8) is 0 Å². The Kier molecular flexibility index (Phi) is 29.4. The molecule has 0 radical (unpaired) electrons. The standard InChI is InChI=1S/C35H67NO5/c1-3-5-7-9-11-13-15-17-19-20-22-24-26-28-32(38)34(40)31(30-37)36-35(41)33(39)29-27-25-23-21-18-16-14-12-10-8-6-4-2/h18,21,25,27,31-34,37-40H,3-17,19-20,22-24,26,28-30H2,1-2H3,(H,36,41)/b21-18-,27-25-. The zero-order valence-corrected chi connectivity index (χ0v) is 26.8. The number of rotatable bonds is 30. The molecule has 0 aliphatic carbocycles. The van der Waals surface area contributed by atoms with Gasteiger partial charge in [-0.25, -0.2) is 0 Å². The number of amides is 1. The Morgan fingerprint density at radius 2 is 1.10 bits per heavy atom. The van der Waals surface area contributed by atoms with E-state index in [1.165, 1.54) is 103 Å². The first kappa shape index (κ1) is 39.8. The summed E-state index contributed by atoms with van der Waals surface area (Å²) in [7, 11) is 0. The minimum absolute atomic E-state index is 0.160. The Morgan fingerprint density at radius 3 is 1.61 bits per heavy atom. The van der Waals surface area contributed by atoms with E-state index < -0.39 is 36.9 Å². The fraction of sp³-hybridized carbons (Fsp3) is 0.857. The molecule has 4 unspecified atom stereocenters. The van der Waals surface area contributed by atoms with Crippen molar-refractivity contribution in [2.24, 2.45) is 0 Å². The highest BCUT2D eigenvalue weighted by atomic mass is 16.3. The first-order chi connectivity index (χ1) is 20.0. The van der Waals surface area contributed by atoms with Crippen molar-refractivity contribution >= 4 is 5.91 Å². The number of carbonyl (C=O) groups is 1. The van der Waals surface area contributed by atoms with E-state index in [0.717, 1.165) is 32.1 Å². The number of hydrogen-bond donors (Lipinski definition) is 5. The van der Waals surface area contributed by atoms with Gasteiger partial charge in [-0.15, -0.1) is 0 Å². The molecule has 0 aromatic carbocycles. The van der Waals surface area contributed by atoms with Crippen LogP contribution >= 0.6 is 0 Å². The van der Waals surface area contributed by atoms with Gasteiger partial charge in [0.05, 0.1) is 18.8 Å². The highest BCUT2D eigenvalue weighted by molar-refractivity contribution is 5.81.